The molecule has 0 spiro atoms. The van der Waals surface area contributed by atoms with E-state index in [1.54, 1.807) is 0 Å². The summed E-state index contributed by atoms with van der Waals surface area (Å²) < 4.78 is 30.9. The van der Waals surface area contributed by atoms with Gasteiger partial charge in [0.15, 0.2) is 5.82 Å². The van der Waals surface area contributed by atoms with E-state index >= 15 is 0 Å². The van der Waals surface area contributed by atoms with Crippen molar-refractivity contribution in [2.75, 3.05) is 20.6 Å². The van der Waals surface area contributed by atoms with Crippen LogP contribution in [0.3, 0.4) is 0 Å². The van der Waals surface area contributed by atoms with Crippen LogP contribution >= 0.6 is 0 Å². The largest absolute Gasteiger partial charge is 0.343 e. The van der Waals surface area contributed by atoms with Gasteiger partial charge < -0.3 is 15.2 Å². The number of benzene rings is 1. The van der Waals surface area contributed by atoms with E-state index in [1.807, 2.05) is 13.8 Å². The molecule has 1 aromatic heterocycles. The van der Waals surface area contributed by atoms with Gasteiger partial charge in [0.25, 0.3) is 5.91 Å². The van der Waals surface area contributed by atoms with Gasteiger partial charge in [-0.05, 0) is 37.0 Å². The van der Waals surface area contributed by atoms with E-state index in [0.29, 0.717) is 17.6 Å². The van der Waals surface area contributed by atoms with Gasteiger partial charge in [0.05, 0.1) is 11.4 Å². The molecule has 1 saturated carbocycles. The van der Waals surface area contributed by atoms with E-state index in [4.69, 9.17) is 4.52 Å². The van der Waals surface area contributed by atoms with Crippen LogP contribution in [0.15, 0.2) is 33.7 Å². The molecule has 1 aliphatic rings. The number of carbonyl (C=O) groups excluding carboxylic acids is 2. The molecular weight excluding hydrogens is 422 g/mol. The first kappa shape index (κ1) is 22.9. The summed E-state index contributed by atoms with van der Waals surface area (Å²) >= 11 is 0. The van der Waals surface area contributed by atoms with Gasteiger partial charge >= 0.3 is 0 Å². The molecule has 11 heteroatoms. The minimum absolute atomic E-state index is 0.0000706. The molecule has 0 aliphatic heterocycles. The monoisotopic (exact) mass is 449 g/mol. The average Bonchev–Trinajstić information content (AvgIpc) is 3.47. The molecular formula is C20H27N5O5S. The molecule has 168 valence electrons. The van der Waals surface area contributed by atoms with Crippen molar-refractivity contribution in [2.24, 2.45) is 5.92 Å². The van der Waals surface area contributed by atoms with Crippen molar-refractivity contribution in [3.8, 4) is 0 Å². The molecule has 1 atom stereocenters. The lowest BCUT2D eigenvalue weighted by Gasteiger charge is -2.18. The van der Waals surface area contributed by atoms with Gasteiger partial charge in [0.1, 0.15) is 6.04 Å². The molecule has 31 heavy (non-hydrogen) atoms. The highest BCUT2D eigenvalue weighted by Crippen LogP contribution is 2.38. The minimum atomic E-state index is -3.67. The van der Waals surface area contributed by atoms with Gasteiger partial charge in [0.2, 0.25) is 21.8 Å². The van der Waals surface area contributed by atoms with Crippen molar-refractivity contribution < 1.29 is 22.5 Å². The van der Waals surface area contributed by atoms with Gasteiger partial charge in [-0.15, -0.1) is 0 Å². The fourth-order valence-electron chi connectivity index (χ4n) is 2.89. The second-order valence-corrected chi connectivity index (χ2v) is 10.2. The van der Waals surface area contributed by atoms with E-state index < -0.39 is 27.9 Å². The fourth-order valence-corrected chi connectivity index (χ4v) is 3.84. The number of hydrogen-bond acceptors (Lipinski definition) is 7. The van der Waals surface area contributed by atoms with E-state index in [9.17, 15) is 18.0 Å². The van der Waals surface area contributed by atoms with Gasteiger partial charge in [-0.25, -0.2) is 12.7 Å². The molecule has 10 nitrogen and oxygen atoms in total. The molecule has 2 amide bonds. The number of carbonyl (C=O) groups is 2. The third-order valence-electron chi connectivity index (χ3n) is 4.93. The Morgan fingerprint density at radius 1 is 1.26 bits per heavy atom. The molecule has 1 heterocycles. The third kappa shape index (κ3) is 5.47. The summed E-state index contributed by atoms with van der Waals surface area (Å²) in [4.78, 5) is 29.2. The number of nitrogens with zero attached hydrogens (tertiary/aromatic N) is 3. The number of sulfonamides is 1. The van der Waals surface area contributed by atoms with Crippen LogP contribution in [0.2, 0.25) is 0 Å². The predicted octanol–water partition coefficient (Wildman–Crippen LogP) is 1.44. The summed E-state index contributed by atoms with van der Waals surface area (Å²) in [6.07, 6.45) is 2.08. The van der Waals surface area contributed by atoms with Gasteiger partial charge in [-0.1, -0.05) is 25.1 Å². The maximum absolute atomic E-state index is 12.4. The topological polar surface area (TPSA) is 134 Å². The van der Waals surface area contributed by atoms with E-state index in [-0.39, 0.29) is 22.9 Å². The molecule has 1 fully saturated rings. The molecule has 3 rings (SSSR count). The maximum Gasteiger partial charge on any atom is 0.251 e. The first-order valence-corrected chi connectivity index (χ1v) is 11.5. The third-order valence-corrected chi connectivity index (χ3v) is 6.74. The van der Waals surface area contributed by atoms with E-state index in [2.05, 4.69) is 20.8 Å². The molecule has 0 bridgehead atoms. The number of nitrogens with one attached hydrogen (secondary N) is 2. The zero-order chi connectivity index (χ0) is 22.8. The van der Waals surface area contributed by atoms with Crippen LogP contribution in [0.4, 0.5) is 0 Å². The van der Waals surface area contributed by atoms with E-state index in [1.165, 1.54) is 38.4 Å². The Balaban J connectivity index is 1.61. The van der Waals surface area contributed by atoms with Crippen LogP contribution in [-0.2, 0) is 14.8 Å². The highest BCUT2D eigenvalue weighted by Gasteiger charge is 2.31. The smallest absolute Gasteiger partial charge is 0.251 e. The van der Waals surface area contributed by atoms with Crippen LogP contribution in [0.5, 0.6) is 0 Å². The number of aromatic nitrogens is 2. The highest BCUT2D eigenvalue weighted by atomic mass is 32.2. The second-order valence-electron chi connectivity index (χ2n) is 8.05. The summed E-state index contributed by atoms with van der Waals surface area (Å²) in [7, 11) is -0.847. The summed E-state index contributed by atoms with van der Waals surface area (Å²) in [5.41, 5.74) is 0.141. The Kier molecular flexibility index (Phi) is 6.75. The van der Waals surface area contributed by atoms with Gasteiger partial charge in [0, 0.05) is 25.6 Å². The molecule has 2 aromatic rings. The van der Waals surface area contributed by atoms with Crippen molar-refractivity contribution in [3.05, 3.63) is 41.5 Å². The van der Waals surface area contributed by atoms with Crippen molar-refractivity contribution in [1.82, 2.24) is 25.1 Å². The van der Waals surface area contributed by atoms with Crippen molar-refractivity contribution >= 4 is 21.8 Å². The van der Waals surface area contributed by atoms with Crippen LogP contribution in [0.25, 0.3) is 0 Å². The Hall–Kier alpha value is -2.79. The van der Waals surface area contributed by atoms with Crippen molar-refractivity contribution in [1.29, 1.82) is 0 Å². The zero-order valence-electron chi connectivity index (χ0n) is 18.0. The standard InChI is InChI=1S/C20H27N5O5S/c1-12(2)17(20-23-18(24-30-20)13-8-9-13)22-16(26)11-21-19(27)14-6-5-7-15(10-14)31(28,29)25(3)4/h5-7,10,12-13,17H,8-9,11H2,1-4H3,(H,21,27)(H,22,26). The summed E-state index contributed by atoms with van der Waals surface area (Å²) in [5, 5.41) is 9.30. The molecule has 0 radical (unpaired) electrons. The normalized spacial score (nSPS) is 15.2. The Bertz CT molecular complexity index is 1060. The van der Waals surface area contributed by atoms with Gasteiger partial charge in [-0.3, -0.25) is 9.59 Å². The number of amides is 2. The first-order valence-electron chi connectivity index (χ1n) is 10.0. The molecule has 2 N–H and O–H groups in total. The van der Waals surface area contributed by atoms with Gasteiger partial charge in [-0.2, -0.15) is 4.98 Å². The van der Waals surface area contributed by atoms with Crippen LogP contribution in [0, 0.1) is 5.92 Å². The summed E-state index contributed by atoms with van der Waals surface area (Å²) in [6, 6.07) is 5.17. The highest BCUT2D eigenvalue weighted by molar-refractivity contribution is 7.89. The average molecular weight is 450 g/mol. The van der Waals surface area contributed by atoms with Crippen LogP contribution in [0.1, 0.15) is 60.7 Å². The van der Waals surface area contributed by atoms with Crippen LogP contribution < -0.4 is 10.6 Å². The summed E-state index contributed by atoms with van der Waals surface area (Å²) in [5.74, 6) is 0.373. The lowest BCUT2D eigenvalue weighted by molar-refractivity contribution is -0.121. The van der Waals surface area contributed by atoms with Crippen molar-refractivity contribution in [3.63, 3.8) is 0 Å². The summed E-state index contributed by atoms with van der Waals surface area (Å²) in [6.45, 7) is 3.55. The molecule has 1 aliphatic carbocycles. The number of rotatable bonds is 9. The fraction of sp³-hybridized carbons (Fsp3) is 0.500. The maximum atomic E-state index is 12.4. The predicted molar refractivity (Wildman–Crippen MR) is 112 cm³/mol. The number of hydrogen-bond donors (Lipinski definition) is 2. The van der Waals surface area contributed by atoms with Crippen LogP contribution in [-0.4, -0.2) is 55.3 Å². The first-order chi connectivity index (χ1) is 14.6. The minimum Gasteiger partial charge on any atom is -0.343 e. The zero-order valence-corrected chi connectivity index (χ0v) is 18.8. The van der Waals surface area contributed by atoms with E-state index in [0.717, 1.165) is 17.1 Å². The SMILES string of the molecule is CC(C)C(NC(=O)CNC(=O)c1cccc(S(=O)(=O)N(C)C)c1)c1nc(C2CC2)no1. The lowest BCUT2D eigenvalue weighted by atomic mass is 10.0. The molecule has 0 saturated heterocycles. The molecule has 1 unspecified atom stereocenters. The Labute approximate surface area is 181 Å². The Morgan fingerprint density at radius 3 is 2.58 bits per heavy atom. The quantitative estimate of drug-likeness (QED) is 0.591. The Morgan fingerprint density at radius 2 is 1.97 bits per heavy atom. The van der Waals surface area contributed by atoms with Crippen molar-refractivity contribution in [2.45, 2.75) is 43.5 Å². The lowest BCUT2D eigenvalue weighted by Crippen LogP contribution is -2.40. The molecule has 1 aromatic carbocycles. The second kappa shape index (κ2) is 9.15.